The number of carbonyl (C=O) groups excluding carboxylic acids is 2. The molecule has 1 heterocycles. The molecule has 0 bridgehead atoms. The fourth-order valence-electron chi connectivity index (χ4n) is 1.83. The second kappa shape index (κ2) is 6.65. The Bertz CT molecular complexity index is 595. The molecule has 21 heavy (non-hydrogen) atoms. The fraction of sp³-hybridized carbons (Fsp3) is 0.286. The average Bonchev–Trinajstić information content (AvgIpc) is 2.97. The van der Waals surface area contributed by atoms with Crippen molar-refractivity contribution in [2.75, 3.05) is 5.32 Å². The predicted molar refractivity (Wildman–Crippen MR) is 77.1 cm³/mol. The molecule has 1 aromatic heterocycles. The van der Waals surface area contributed by atoms with Gasteiger partial charge in [-0.15, -0.1) is 0 Å². The van der Waals surface area contributed by atoms with E-state index in [9.17, 15) is 9.59 Å². The molecule has 2 rings (SSSR count). The van der Waals surface area contributed by atoms with Gasteiger partial charge < -0.3 is 4.90 Å². The van der Waals surface area contributed by atoms with Crippen molar-refractivity contribution in [2.24, 2.45) is 0 Å². The van der Waals surface area contributed by atoms with Gasteiger partial charge in [-0.2, -0.15) is 10.1 Å². The monoisotopic (exact) mass is 287 g/mol. The van der Waals surface area contributed by atoms with E-state index < -0.39 is 11.8 Å². The first kappa shape index (κ1) is 14.7. The highest BCUT2D eigenvalue weighted by molar-refractivity contribution is 6.39. The number of anilines is 1. The Balaban J connectivity index is 2.07. The van der Waals surface area contributed by atoms with Crippen molar-refractivity contribution in [1.29, 1.82) is 0 Å². The van der Waals surface area contributed by atoms with Gasteiger partial charge in [-0.25, -0.2) is 5.10 Å². The molecule has 2 amide bonds. The van der Waals surface area contributed by atoms with Crippen molar-refractivity contribution in [3.63, 3.8) is 0 Å². The maximum Gasteiger partial charge on any atom is 0.316 e. The molecular weight excluding hydrogens is 270 g/mol. The first-order valence-corrected chi connectivity index (χ1v) is 6.59. The lowest BCUT2D eigenvalue weighted by molar-refractivity contribution is -0.144. The third-order valence-corrected chi connectivity index (χ3v) is 2.92. The summed E-state index contributed by atoms with van der Waals surface area (Å²) in [6.45, 7) is 4.10. The van der Waals surface area contributed by atoms with Crippen LogP contribution in [0.5, 0.6) is 0 Å². The van der Waals surface area contributed by atoms with Crippen LogP contribution in [0.4, 0.5) is 5.95 Å². The van der Waals surface area contributed by atoms with Crippen molar-refractivity contribution in [1.82, 2.24) is 20.1 Å². The number of hydrogen-bond donors (Lipinski definition) is 2. The number of nitrogens with zero attached hydrogens (tertiary/aromatic N) is 3. The Morgan fingerprint density at radius 2 is 2.00 bits per heavy atom. The molecule has 7 heteroatoms. The summed E-state index contributed by atoms with van der Waals surface area (Å²) >= 11 is 0. The molecule has 0 unspecified atom stereocenters. The van der Waals surface area contributed by atoms with Gasteiger partial charge in [0.25, 0.3) is 0 Å². The normalized spacial score (nSPS) is 10.4. The highest BCUT2D eigenvalue weighted by Crippen LogP contribution is 2.09. The van der Waals surface area contributed by atoms with Crippen LogP contribution < -0.4 is 5.32 Å². The zero-order chi connectivity index (χ0) is 15.2. The van der Waals surface area contributed by atoms with Crippen LogP contribution in [0, 0.1) is 0 Å². The SMILES string of the molecule is CC(C)N(Cc1ccccc1)C(=O)C(=O)Nc1ncn[nH]1. The molecule has 7 nitrogen and oxygen atoms in total. The zero-order valence-electron chi connectivity index (χ0n) is 11.9. The average molecular weight is 287 g/mol. The molecule has 0 aliphatic rings. The van der Waals surface area contributed by atoms with Crippen LogP contribution in [0.2, 0.25) is 0 Å². The van der Waals surface area contributed by atoms with E-state index in [-0.39, 0.29) is 12.0 Å². The molecule has 0 atom stereocenters. The molecule has 0 aliphatic heterocycles. The highest BCUT2D eigenvalue weighted by Gasteiger charge is 2.24. The van der Waals surface area contributed by atoms with Crippen molar-refractivity contribution >= 4 is 17.8 Å². The Morgan fingerprint density at radius 3 is 2.57 bits per heavy atom. The van der Waals surface area contributed by atoms with Crippen molar-refractivity contribution in [2.45, 2.75) is 26.4 Å². The molecule has 2 N–H and O–H groups in total. The first-order chi connectivity index (χ1) is 10.1. The lowest BCUT2D eigenvalue weighted by Gasteiger charge is -2.26. The van der Waals surface area contributed by atoms with Crippen molar-refractivity contribution < 1.29 is 9.59 Å². The van der Waals surface area contributed by atoms with E-state index in [4.69, 9.17) is 0 Å². The Kier molecular flexibility index (Phi) is 4.65. The molecule has 0 saturated heterocycles. The minimum atomic E-state index is -0.739. The maximum atomic E-state index is 12.3. The Hall–Kier alpha value is -2.70. The van der Waals surface area contributed by atoms with E-state index in [0.717, 1.165) is 5.56 Å². The van der Waals surface area contributed by atoms with E-state index in [1.807, 2.05) is 44.2 Å². The number of carbonyl (C=O) groups is 2. The van der Waals surface area contributed by atoms with Gasteiger partial charge in [0.05, 0.1) is 0 Å². The molecule has 0 fully saturated rings. The van der Waals surface area contributed by atoms with Crippen LogP contribution in [0.15, 0.2) is 36.7 Å². The lowest BCUT2D eigenvalue weighted by Crippen LogP contribution is -2.43. The standard InChI is InChI=1S/C14H17N5O2/c1-10(2)19(8-11-6-4-3-5-7-11)13(21)12(20)17-14-15-9-16-18-14/h3-7,9-10H,8H2,1-2H3,(H2,15,16,17,18,20). The summed E-state index contributed by atoms with van der Waals surface area (Å²) in [5.74, 6) is -1.20. The largest absolute Gasteiger partial charge is 0.328 e. The highest BCUT2D eigenvalue weighted by atomic mass is 16.2. The molecular formula is C14H17N5O2. The Morgan fingerprint density at radius 1 is 1.29 bits per heavy atom. The molecule has 110 valence electrons. The van der Waals surface area contributed by atoms with Gasteiger partial charge >= 0.3 is 11.8 Å². The predicted octanol–water partition coefficient (Wildman–Crippen LogP) is 1.18. The molecule has 0 aliphatic carbocycles. The van der Waals surface area contributed by atoms with Crippen LogP contribution in [0.25, 0.3) is 0 Å². The summed E-state index contributed by atoms with van der Waals surface area (Å²) in [6.07, 6.45) is 1.25. The first-order valence-electron chi connectivity index (χ1n) is 6.59. The van der Waals surface area contributed by atoms with Gasteiger partial charge in [0.15, 0.2) is 0 Å². The van der Waals surface area contributed by atoms with E-state index in [1.165, 1.54) is 11.2 Å². The third kappa shape index (κ3) is 3.88. The van der Waals surface area contributed by atoms with Gasteiger partial charge in [0, 0.05) is 12.6 Å². The number of H-pyrrole nitrogens is 1. The topological polar surface area (TPSA) is 91.0 Å². The van der Waals surface area contributed by atoms with Crippen LogP contribution in [-0.4, -0.2) is 37.9 Å². The smallest absolute Gasteiger partial charge is 0.316 e. The van der Waals surface area contributed by atoms with E-state index >= 15 is 0 Å². The van der Waals surface area contributed by atoms with Gasteiger partial charge in [-0.05, 0) is 19.4 Å². The number of rotatable bonds is 4. The van der Waals surface area contributed by atoms with Crippen molar-refractivity contribution in [3.8, 4) is 0 Å². The summed E-state index contributed by atoms with van der Waals surface area (Å²) in [5.41, 5.74) is 0.965. The number of hydrogen-bond acceptors (Lipinski definition) is 4. The maximum absolute atomic E-state index is 12.3. The summed E-state index contributed by atoms with van der Waals surface area (Å²) < 4.78 is 0. The number of benzene rings is 1. The zero-order valence-corrected chi connectivity index (χ0v) is 11.9. The number of aromatic nitrogens is 3. The number of nitrogens with one attached hydrogen (secondary N) is 2. The van der Waals surface area contributed by atoms with Gasteiger partial charge in [-0.1, -0.05) is 30.3 Å². The van der Waals surface area contributed by atoms with Gasteiger partial charge in [0.2, 0.25) is 5.95 Å². The molecule has 0 radical (unpaired) electrons. The minimum Gasteiger partial charge on any atom is -0.328 e. The van der Waals surface area contributed by atoms with Crippen molar-refractivity contribution in [3.05, 3.63) is 42.2 Å². The molecule has 2 aromatic rings. The van der Waals surface area contributed by atoms with Crippen LogP contribution in [0.3, 0.4) is 0 Å². The van der Waals surface area contributed by atoms with E-state index in [1.54, 1.807) is 0 Å². The number of amides is 2. The molecule has 0 saturated carbocycles. The van der Waals surface area contributed by atoms with E-state index in [2.05, 4.69) is 20.5 Å². The summed E-state index contributed by atoms with van der Waals surface area (Å²) in [4.78, 5) is 29.5. The molecule has 1 aromatic carbocycles. The second-order valence-electron chi connectivity index (χ2n) is 4.80. The summed E-state index contributed by atoms with van der Waals surface area (Å²) in [6, 6.07) is 9.42. The quantitative estimate of drug-likeness (QED) is 0.826. The third-order valence-electron chi connectivity index (χ3n) is 2.92. The number of aromatic amines is 1. The fourth-order valence-corrected chi connectivity index (χ4v) is 1.83. The molecule has 0 spiro atoms. The van der Waals surface area contributed by atoms with Gasteiger partial charge in [-0.3, -0.25) is 14.9 Å². The summed E-state index contributed by atoms with van der Waals surface area (Å²) in [5, 5.41) is 8.47. The van der Waals surface area contributed by atoms with Crippen LogP contribution >= 0.6 is 0 Å². The van der Waals surface area contributed by atoms with Crippen LogP contribution in [-0.2, 0) is 16.1 Å². The Labute approximate surface area is 122 Å². The second-order valence-corrected chi connectivity index (χ2v) is 4.80. The summed E-state index contributed by atoms with van der Waals surface area (Å²) in [7, 11) is 0. The van der Waals surface area contributed by atoms with Gasteiger partial charge in [0.1, 0.15) is 6.33 Å². The minimum absolute atomic E-state index is 0.0989. The lowest BCUT2D eigenvalue weighted by atomic mass is 10.2. The van der Waals surface area contributed by atoms with Crippen LogP contribution in [0.1, 0.15) is 19.4 Å². The van der Waals surface area contributed by atoms with E-state index in [0.29, 0.717) is 6.54 Å².